The summed E-state index contributed by atoms with van der Waals surface area (Å²) in [6, 6.07) is 10.8. The van der Waals surface area contributed by atoms with Gasteiger partial charge in [0.05, 0.1) is 26.3 Å². The number of rotatable bonds is 9. The molecule has 0 aliphatic carbocycles. The number of methoxy groups -OCH3 is 3. The van der Waals surface area contributed by atoms with Crippen LogP contribution in [0.3, 0.4) is 0 Å². The Kier molecular flexibility index (Phi) is 6.80. The third-order valence-electron chi connectivity index (χ3n) is 4.12. The van der Waals surface area contributed by atoms with Crippen molar-refractivity contribution in [3.8, 4) is 17.2 Å². The zero-order chi connectivity index (χ0) is 19.1. The molecule has 0 aliphatic heterocycles. The summed E-state index contributed by atoms with van der Waals surface area (Å²) in [5, 5.41) is 11.0. The maximum atomic E-state index is 11.0. The van der Waals surface area contributed by atoms with Gasteiger partial charge in [0.15, 0.2) is 17.2 Å². The van der Waals surface area contributed by atoms with Crippen molar-refractivity contribution in [3.63, 3.8) is 0 Å². The van der Waals surface area contributed by atoms with Gasteiger partial charge in [-0.2, -0.15) is 0 Å². The molecule has 0 amide bonds. The normalized spacial score (nSPS) is 10.7. The fourth-order valence-corrected chi connectivity index (χ4v) is 2.72. The SMILES string of the molecule is COc1ccc(CN(C)CCc2ccc([N+](=O)[O-])c(OC)c2)cc1OC. The van der Waals surface area contributed by atoms with Crippen molar-refractivity contribution >= 4 is 5.69 Å². The van der Waals surface area contributed by atoms with Crippen molar-refractivity contribution in [2.24, 2.45) is 0 Å². The second-order valence-corrected chi connectivity index (χ2v) is 5.94. The van der Waals surface area contributed by atoms with Crippen molar-refractivity contribution < 1.29 is 19.1 Å². The van der Waals surface area contributed by atoms with Gasteiger partial charge in [-0.1, -0.05) is 12.1 Å². The lowest BCUT2D eigenvalue weighted by molar-refractivity contribution is -0.385. The molecule has 0 N–H and O–H groups in total. The Labute approximate surface area is 153 Å². The van der Waals surface area contributed by atoms with Crippen LogP contribution < -0.4 is 14.2 Å². The smallest absolute Gasteiger partial charge is 0.310 e. The lowest BCUT2D eigenvalue weighted by Crippen LogP contribution is -2.20. The van der Waals surface area contributed by atoms with Gasteiger partial charge in [0.2, 0.25) is 0 Å². The standard InChI is InChI=1S/C19H24N2O5/c1-20(13-15-6-8-17(24-2)19(12-15)26-4)10-9-14-5-7-16(21(22)23)18(11-14)25-3/h5-8,11-12H,9-10,13H2,1-4H3. The first-order chi connectivity index (χ1) is 12.5. The molecule has 26 heavy (non-hydrogen) atoms. The Hall–Kier alpha value is -2.80. The minimum absolute atomic E-state index is 0.0186. The van der Waals surface area contributed by atoms with Crippen LogP contribution in [-0.4, -0.2) is 44.7 Å². The molecule has 0 heterocycles. The van der Waals surface area contributed by atoms with Gasteiger partial charge in [0.25, 0.3) is 0 Å². The van der Waals surface area contributed by atoms with Crippen LogP contribution in [0.4, 0.5) is 5.69 Å². The van der Waals surface area contributed by atoms with Gasteiger partial charge in [0.1, 0.15) is 0 Å². The quantitative estimate of drug-likeness (QED) is 0.505. The molecule has 0 atom stereocenters. The summed E-state index contributed by atoms with van der Waals surface area (Å²) >= 11 is 0. The summed E-state index contributed by atoms with van der Waals surface area (Å²) in [4.78, 5) is 12.7. The van der Waals surface area contributed by atoms with Crippen LogP contribution in [0.1, 0.15) is 11.1 Å². The molecule has 7 heteroatoms. The zero-order valence-corrected chi connectivity index (χ0v) is 15.5. The maximum absolute atomic E-state index is 11.0. The van der Waals surface area contributed by atoms with Crippen LogP contribution in [0.25, 0.3) is 0 Å². The molecule has 0 radical (unpaired) electrons. The number of likely N-dealkylation sites (N-methyl/N-ethyl adjacent to an activating group) is 1. The van der Waals surface area contributed by atoms with Crippen LogP contribution in [0.2, 0.25) is 0 Å². The molecule has 140 valence electrons. The van der Waals surface area contributed by atoms with Crippen LogP contribution in [0, 0.1) is 10.1 Å². The maximum Gasteiger partial charge on any atom is 0.310 e. The van der Waals surface area contributed by atoms with Crippen molar-refractivity contribution in [2.45, 2.75) is 13.0 Å². The van der Waals surface area contributed by atoms with Gasteiger partial charge in [-0.15, -0.1) is 0 Å². The molecule has 0 spiro atoms. The summed E-state index contributed by atoms with van der Waals surface area (Å²) in [5.41, 5.74) is 2.09. The van der Waals surface area contributed by atoms with E-state index >= 15 is 0 Å². The zero-order valence-electron chi connectivity index (χ0n) is 15.5. The number of ether oxygens (including phenoxy) is 3. The van der Waals surface area contributed by atoms with E-state index in [9.17, 15) is 10.1 Å². The summed E-state index contributed by atoms with van der Waals surface area (Å²) in [6.45, 7) is 1.56. The molecule has 0 unspecified atom stereocenters. The van der Waals surface area contributed by atoms with E-state index in [4.69, 9.17) is 14.2 Å². The Morgan fingerprint density at radius 2 is 1.54 bits per heavy atom. The van der Waals surface area contributed by atoms with E-state index in [0.29, 0.717) is 11.5 Å². The number of nitro groups is 1. The van der Waals surface area contributed by atoms with E-state index in [0.717, 1.165) is 30.6 Å². The van der Waals surface area contributed by atoms with Crippen LogP contribution in [0.5, 0.6) is 17.2 Å². The highest BCUT2D eigenvalue weighted by Gasteiger charge is 2.15. The highest BCUT2D eigenvalue weighted by atomic mass is 16.6. The minimum Gasteiger partial charge on any atom is -0.493 e. The van der Waals surface area contributed by atoms with Gasteiger partial charge in [-0.05, 0) is 42.8 Å². The highest BCUT2D eigenvalue weighted by Crippen LogP contribution is 2.29. The van der Waals surface area contributed by atoms with E-state index in [1.807, 2.05) is 25.2 Å². The Morgan fingerprint density at radius 3 is 2.15 bits per heavy atom. The van der Waals surface area contributed by atoms with Crippen molar-refractivity contribution in [2.75, 3.05) is 34.9 Å². The summed E-state index contributed by atoms with van der Waals surface area (Å²) in [7, 11) is 6.70. The van der Waals surface area contributed by atoms with Gasteiger partial charge >= 0.3 is 5.69 Å². The minimum atomic E-state index is -0.439. The van der Waals surface area contributed by atoms with Crippen LogP contribution in [0.15, 0.2) is 36.4 Å². The first-order valence-corrected chi connectivity index (χ1v) is 8.19. The molecule has 0 aromatic heterocycles. The summed E-state index contributed by atoms with van der Waals surface area (Å²) in [6.07, 6.45) is 0.762. The molecule has 2 aromatic carbocycles. The monoisotopic (exact) mass is 360 g/mol. The van der Waals surface area contributed by atoms with E-state index in [2.05, 4.69) is 4.90 Å². The highest BCUT2D eigenvalue weighted by molar-refractivity contribution is 5.48. The molecule has 0 aliphatic rings. The van der Waals surface area contributed by atoms with E-state index < -0.39 is 4.92 Å². The number of benzene rings is 2. The predicted octanol–water partition coefficient (Wildman–Crippen LogP) is 3.30. The molecule has 2 aromatic rings. The first-order valence-electron chi connectivity index (χ1n) is 8.19. The van der Waals surface area contributed by atoms with Crippen molar-refractivity contribution in [1.82, 2.24) is 4.90 Å². The topological polar surface area (TPSA) is 74.1 Å². The molecule has 7 nitrogen and oxygen atoms in total. The first kappa shape index (κ1) is 19.5. The fraction of sp³-hybridized carbons (Fsp3) is 0.368. The Balaban J connectivity index is 1.98. The van der Waals surface area contributed by atoms with E-state index in [1.54, 1.807) is 26.4 Å². The van der Waals surface area contributed by atoms with Gasteiger partial charge in [-0.25, -0.2) is 0 Å². The molecule has 2 rings (SSSR count). The lowest BCUT2D eigenvalue weighted by atomic mass is 10.1. The molecule has 0 saturated carbocycles. The summed E-state index contributed by atoms with van der Waals surface area (Å²) in [5.74, 6) is 1.70. The summed E-state index contributed by atoms with van der Waals surface area (Å²) < 4.78 is 15.7. The number of hydrogen-bond donors (Lipinski definition) is 0. The third kappa shape index (κ3) is 4.86. The van der Waals surface area contributed by atoms with Gasteiger partial charge in [-0.3, -0.25) is 10.1 Å². The Morgan fingerprint density at radius 1 is 0.923 bits per heavy atom. The van der Waals surface area contributed by atoms with Gasteiger partial charge < -0.3 is 19.1 Å². The number of nitrogens with zero attached hydrogens (tertiary/aromatic N) is 2. The van der Waals surface area contributed by atoms with Crippen LogP contribution in [-0.2, 0) is 13.0 Å². The average molecular weight is 360 g/mol. The third-order valence-corrected chi connectivity index (χ3v) is 4.12. The average Bonchev–Trinajstić information content (AvgIpc) is 2.65. The van der Waals surface area contributed by atoms with E-state index in [1.165, 1.54) is 13.2 Å². The fourth-order valence-electron chi connectivity index (χ4n) is 2.72. The number of nitro benzene ring substituents is 1. The predicted molar refractivity (Wildman–Crippen MR) is 99.2 cm³/mol. The van der Waals surface area contributed by atoms with E-state index in [-0.39, 0.29) is 11.4 Å². The number of hydrogen-bond acceptors (Lipinski definition) is 6. The molecule has 0 saturated heterocycles. The lowest BCUT2D eigenvalue weighted by Gasteiger charge is -2.18. The molecule has 0 bridgehead atoms. The second-order valence-electron chi connectivity index (χ2n) is 5.94. The molecule has 0 fully saturated rings. The van der Waals surface area contributed by atoms with Gasteiger partial charge in [0, 0.05) is 19.2 Å². The molecular weight excluding hydrogens is 336 g/mol. The second kappa shape index (κ2) is 9.05. The largest absolute Gasteiger partial charge is 0.493 e. The van der Waals surface area contributed by atoms with Crippen LogP contribution >= 0.6 is 0 Å². The Bertz CT molecular complexity index is 764. The molecular formula is C19H24N2O5. The van der Waals surface area contributed by atoms with Crippen molar-refractivity contribution in [1.29, 1.82) is 0 Å². The van der Waals surface area contributed by atoms with Crippen molar-refractivity contribution in [3.05, 3.63) is 57.6 Å².